The number of halogens is 4. The molecule has 10 rings (SSSR count). The van der Waals surface area contributed by atoms with E-state index in [0.717, 1.165) is 56.9 Å². The lowest BCUT2D eigenvalue weighted by molar-refractivity contribution is 0.103. The van der Waals surface area contributed by atoms with Crippen molar-refractivity contribution in [1.82, 2.24) is 9.80 Å². The minimum Gasteiger partial charge on any atom is -0.489 e. The first kappa shape index (κ1) is 65.8. The Morgan fingerprint density at radius 2 is 0.909 bits per heavy atom. The molecule has 0 radical (unpaired) electrons. The second-order valence-corrected chi connectivity index (χ2v) is 26.0. The summed E-state index contributed by atoms with van der Waals surface area (Å²) in [5, 5.41) is 1.18. The molecule has 0 spiro atoms. The van der Waals surface area contributed by atoms with E-state index in [-0.39, 0.29) is 72.5 Å². The van der Waals surface area contributed by atoms with E-state index in [4.69, 9.17) is 37.0 Å². The van der Waals surface area contributed by atoms with Crippen molar-refractivity contribution >= 4 is 70.1 Å². The molecule has 2 fully saturated rings. The van der Waals surface area contributed by atoms with E-state index in [1.807, 2.05) is 12.1 Å². The number of carbonyl (C=O) groups excluding carboxylic acids is 2. The van der Waals surface area contributed by atoms with Crippen LogP contribution in [0.5, 0.6) is 46.0 Å². The summed E-state index contributed by atoms with van der Waals surface area (Å²) in [4.78, 5) is 51.3. The van der Waals surface area contributed by atoms with Crippen LogP contribution < -0.4 is 28.0 Å². The topological polar surface area (TPSA) is 189 Å². The Hall–Kier alpha value is -6.68. The Morgan fingerprint density at radius 1 is 0.545 bits per heavy atom. The third-order valence-corrected chi connectivity index (χ3v) is 18.8. The number of ether oxygens (including phenoxy) is 4. The van der Waals surface area contributed by atoms with Crippen molar-refractivity contribution in [3.05, 3.63) is 164 Å². The highest BCUT2D eigenvalue weighted by Gasteiger charge is 2.31. The smallest absolute Gasteiger partial charge is 0.489 e. The molecule has 2 saturated heterocycles. The van der Waals surface area contributed by atoms with Crippen molar-refractivity contribution in [2.45, 2.75) is 79.4 Å². The second kappa shape index (κ2) is 29.3. The predicted molar refractivity (Wildman–Crippen MR) is 332 cm³/mol. The molecule has 88 heavy (non-hydrogen) atoms. The third kappa shape index (κ3) is 16.6. The van der Waals surface area contributed by atoms with Crippen LogP contribution in [-0.4, -0.2) is 109 Å². The maximum Gasteiger partial charge on any atom is 0.530 e. The van der Waals surface area contributed by atoms with Gasteiger partial charge < -0.3 is 28.0 Å². The van der Waals surface area contributed by atoms with Crippen LogP contribution in [0.4, 0.5) is 17.6 Å². The molecule has 0 aliphatic carbocycles. The molecule has 8 aromatic rings. The first-order valence-electron chi connectivity index (χ1n) is 28.7. The highest BCUT2D eigenvalue weighted by molar-refractivity contribution is 7.49. The van der Waals surface area contributed by atoms with Gasteiger partial charge in [0.15, 0.2) is 11.5 Å². The fourth-order valence-corrected chi connectivity index (χ4v) is 14.5. The fourth-order valence-electron chi connectivity index (χ4n) is 10.7. The van der Waals surface area contributed by atoms with Crippen LogP contribution >= 0.6 is 38.3 Å². The molecule has 468 valence electrons. The quantitative estimate of drug-likeness (QED) is 0.0296. The van der Waals surface area contributed by atoms with E-state index in [2.05, 4.69) is 9.80 Å². The van der Waals surface area contributed by atoms with Gasteiger partial charge in [-0.05, 0) is 199 Å². The van der Waals surface area contributed by atoms with Gasteiger partial charge in [-0.2, -0.15) is 0 Å². The van der Waals surface area contributed by atoms with Crippen molar-refractivity contribution in [2.75, 3.05) is 65.8 Å². The number of nitrogens with zero attached hydrogens (tertiary/aromatic N) is 2. The molecule has 0 amide bonds. The van der Waals surface area contributed by atoms with E-state index in [0.29, 0.717) is 107 Å². The maximum atomic E-state index is 14.1. The van der Waals surface area contributed by atoms with Crippen molar-refractivity contribution in [3.8, 4) is 46.0 Å². The number of phosphoric ester groups is 2. The molecule has 24 heteroatoms. The van der Waals surface area contributed by atoms with Gasteiger partial charge in [-0.15, -0.1) is 22.7 Å². The largest absolute Gasteiger partial charge is 0.530 e. The highest BCUT2D eigenvalue weighted by Crippen LogP contribution is 2.52. The average molecular weight is 1290 g/mol. The summed E-state index contributed by atoms with van der Waals surface area (Å²) < 4.78 is 125. The zero-order valence-electron chi connectivity index (χ0n) is 49.4. The van der Waals surface area contributed by atoms with Gasteiger partial charge in [0.2, 0.25) is 11.6 Å². The van der Waals surface area contributed by atoms with Crippen LogP contribution in [0.3, 0.4) is 0 Å². The Balaban J connectivity index is 0.000000210. The van der Waals surface area contributed by atoms with E-state index >= 15 is 0 Å². The van der Waals surface area contributed by atoms with E-state index in [9.17, 15) is 46.1 Å². The number of phosphoric acid groups is 2. The maximum absolute atomic E-state index is 14.1. The summed E-state index contributed by atoms with van der Waals surface area (Å²) in [6.45, 7) is 14.4. The molecule has 0 unspecified atom stereocenters. The van der Waals surface area contributed by atoms with Gasteiger partial charge in [-0.1, -0.05) is 0 Å². The number of likely N-dealkylation sites (tertiary alicyclic amines) is 2. The molecule has 2 aliphatic rings. The molecular weight excluding hydrogens is 1220 g/mol. The molecule has 2 atom stereocenters. The first-order chi connectivity index (χ1) is 42.1. The summed E-state index contributed by atoms with van der Waals surface area (Å²) in [6, 6.07) is 28.8. The SMILES string of the molecule is CCOP(=O)(OCC)Oc1ccc2c(Oc3ccc(O[C@H]4CCN(CCCF)C4)cc3)c(C(=O)c3c(C)cc(F)cc3C)sc2c1.Cc1cc(F)cc(C)c1C(=O)c1sc2cc(OP(=O)(O)O)ccc2c1Oc1ccc(O[C@H]2CCN(CCCF)C2)cc1. The van der Waals surface area contributed by atoms with Gasteiger partial charge in [0.1, 0.15) is 68.1 Å². The van der Waals surface area contributed by atoms with Gasteiger partial charge in [0, 0.05) is 70.6 Å². The molecule has 6 aromatic carbocycles. The molecule has 4 heterocycles. The van der Waals surface area contributed by atoms with Crippen LogP contribution in [0.15, 0.2) is 109 Å². The number of alkyl halides is 2. The standard InChI is InChI=1S/C34H38F2NO7PS.C30H30F2NO7PS/c1-5-40-45(39,41-6-2)44-27-12-13-29-30(20-27)46-34(32(38)31-22(3)18-24(36)19-23(31)4)33(29)43-26-10-8-25(9-11-26)42-28-14-17-37(21-28)16-7-15-35;1-18-14-20(32)15-19(2)27(18)28(34)30-29(25-9-8-23(16-26(25)42-30)40-41(35,36)37)39-22-6-4-21(5-7-22)38-24-10-13-33(17-24)12-3-11-31/h8-13,18-20,28H,5-7,14-17,21H2,1-4H3;4-9,14-16,24H,3,10-13,17H2,1-2H3,(H2,35,36,37)/t28-;24-/m00/s1. The molecule has 0 bridgehead atoms. The molecule has 0 saturated carbocycles. The Bertz CT molecular complexity index is 3820. The van der Waals surface area contributed by atoms with Gasteiger partial charge in [-0.3, -0.25) is 47.0 Å². The Labute approximate surface area is 515 Å². The number of carbonyl (C=O) groups is 2. The molecular formula is C64H68F4N2O14P2S2. The van der Waals surface area contributed by atoms with Crippen molar-refractivity contribution in [1.29, 1.82) is 0 Å². The Kier molecular flexibility index (Phi) is 21.9. The fraction of sp³-hybridized carbons (Fsp3) is 0.344. The van der Waals surface area contributed by atoms with Crippen LogP contribution in [-0.2, 0) is 18.2 Å². The molecule has 2 aliphatic heterocycles. The number of ketones is 2. The van der Waals surface area contributed by atoms with Crippen molar-refractivity contribution < 1.29 is 83.1 Å². The van der Waals surface area contributed by atoms with E-state index < -0.39 is 27.3 Å². The van der Waals surface area contributed by atoms with Crippen LogP contribution in [0.25, 0.3) is 20.2 Å². The summed E-state index contributed by atoms with van der Waals surface area (Å²) in [6.07, 6.45) is 2.79. The minimum atomic E-state index is -4.79. The summed E-state index contributed by atoms with van der Waals surface area (Å²) >= 11 is 2.28. The summed E-state index contributed by atoms with van der Waals surface area (Å²) in [5.74, 6) is 1.53. The number of fused-ring (bicyclic) bond motifs is 2. The van der Waals surface area contributed by atoms with Crippen LogP contribution in [0.1, 0.15) is 92.3 Å². The molecule has 16 nitrogen and oxygen atoms in total. The Morgan fingerprint density at radius 3 is 1.27 bits per heavy atom. The van der Waals surface area contributed by atoms with E-state index in [1.54, 1.807) is 102 Å². The number of benzene rings is 6. The second-order valence-electron chi connectivity index (χ2n) is 21.2. The summed E-state index contributed by atoms with van der Waals surface area (Å²) in [7, 11) is -8.64. The number of rotatable bonds is 26. The third-order valence-electron chi connectivity index (χ3n) is 14.5. The van der Waals surface area contributed by atoms with Gasteiger partial charge in [0.05, 0.1) is 26.6 Å². The van der Waals surface area contributed by atoms with Crippen molar-refractivity contribution in [2.24, 2.45) is 0 Å². The number of hydrogen-bond acceptors (Lipinski definition) is 16. The summed E-state index contributed by atoms with van der Waals surface area (Å²) in [5.41, 5.74) is 2.72. The van der Waals surface area contributed by atoms with Gasteiger partial charge in [0.25, 0.3) is 0 Å². The lowest BCUT2D eigenvalue weighted by atomic mass is 9.97. The first-order valence-corrected chi connectivity index (χ1v) is 33.3. The zero-order chi connectivity index (χ0) is 62.9. The number of aryl methyl sites for hydroxylation is 4. The normalized spacial score (nSPS) is 15.5. The molecule has 2 N–H and O–H groups in total. The lowest BCUT2D eigenvalue weighted by Crippen LogP contribution is -2.26. The number of hydrogen-bond donors (Lipinski definition) is 2. The minimum absolute atomic E-state index is 0.00757. The molecule has 2 aromatic heterocycles. The highest BCUT2D eigenvalue weighted by atomic mass is 32.1. The zero-order valence-corrected chi connectivity index (χ0v) is 52.8. The predicted octanol–water partition coefficient (Wildman–Crippen LogP) is 16.0. The monoisotopic (exact) mass is 1290 g/mol. The van der Waals surface area contributed by atoms with Crippen LogP contribution in [0, 0.1) is 39.3 Å². The van der Waals surface area contributed by atoms with E-state index in [1.165, 1.54) is 47.7 Å². The number of thiophene rings is 2. The van der Waals surface area contributed by atoms with Gasteiger partial charge in [-0.25, -0.2) is 17.9 Å². The van der Waals surface area contributed by atoms with Gasteiger partial charge >= 0.3 is 15.6 Å². The average Bonchev–Trinajstić information content (AvgIpc) is 2.14. The van der Waals surface area contributed by atoms with Crippen molar-refractivity contribution in [3.63, 3.8) is 0 Å². The van der Waals surface area contributed by atoms with Crippen LogP contribution in [0.2, 0.25) is 0 Å². The lowest BCUT2D eigenvalue weighted by Gasteiger charge is -2.17.